The van der Waals surface area contributed by atoms with Crippen LogP contribution in [-0.2, 0) is 95.2 Å². The molecule has 6 aliphatic heterocycles. The summed E-state index contributed by atoms with van der Waals surface area (Å²) < 4.78 is 69.2. The average molecular weight is 1530 g/mol. The van der Waals surface area contributed by atoms with Crippen LogP contribution in [0.15, 0.2) is 0 Å². The van der Waals surface area contributed by atoms with Crippen molar-refractivity contribution in [2.75, 3.05) is 59.5 Å². The van der Waals surface area contributed by atoms with E-state index in [2.05, 4.69) is 21.3 Å². The Hall–Kier alpha value is -5.52. The van der Waals surface area contributed by atoms with Gasteiger partial charge in [-0.2, -0.15) is 0 Å². The maximum atomic E-state index is 14.1. The normalized spacial score (nSPS) is 40.1. The third-order valence-corrected chi connectivity index (χ3v) is 18.0. The lowest BCUT2D eigenvalue weighted by atomic mass is 9.87. The zero-order chi connectivity index (χ0) is 78.7. The molecule has 0 unspecified atom stereocenters. The Morgan fingerprint density at radius 3 is 1.42 bits per heavy atom. The monoisotopic (exact) mass is 1530 g/mol. The van der Waals surface area contributed by atoms with Crippen LogP contribution in [0.3, 0.4) is 0 Å². The smallest absolute Gasteiger partial charge is 0.246 e. The third-order valence-electron chi connectivity index (χ3n) is 18.0. The van der Waals surface area contributed by atoms with Gasteiger partial charge in [-0.25, -0.2) is 0 Å². The minimum atomic E-state index is -3.89. The fourth-order valence-corrected chi connectivity index (χ4v) is 12.7. The summed E-state index contributed by atoms with van der Waals surface area (Å²) in [5.74, 6) is -22.9. The lowest BCUT2D eigenvalue weighted by molar-refractivity contribution is -0.423. The van der Waals surface area contributed by atoms with Crippen LogP contribution in [-0.4, -0.2) is 416 Å². The number of carboxylic acids is 3. The van der Waals surface area contributed by atoms with Crippen molar-refractivity contribution in [1.29, 1.82) is 0 Å². The molecule has 34 atom stereocenters. The van der Waals surface area contributed by atoms with Crippen molar-refractivity contribution in [2.24, 2.45) is 0 Å². The van der Waals surface area contributed by atoms with Crippen LogP contribution >= 0.6 is 0 Å². The first-order valence-electron chi connectivity index (χ1n) is 32.3. The largest absolute Gasteiger partial charge is 0.544 e. The van der Waals surface area contributed by atoms with Crippen LogP contribution in [0.25, 0.3) is 0 Å². The van der Waals surface area contributed by atoms with E-state index in [1.54, 1.807) is 0 Å². The molecule has 0 aliphatic carbocycles. The molecule has 0 aromatic heterocycles. The molecule has 0 spiro atoms. The number of amides is 5. The molecule has 0 bridgehead atoms. The third kappa shape index (κ3) is 20.3. The molecule has 0 aromatic carbocycles. The van der Waals surface area contributed by atoms with Crippen LogP contribution in [0.1, 0.15) is 40.0 Å². The summed E-state index contributed by atoms with van der Waals surface area (Å²) in [5, 5.41) is 271. The number of carbonyl (C=O) groups excluding carboxylic acids is 8. The van der Waals surface area contributed by atoms with Crippen LogP contribution in [0.2, 0.25) is 0 Å². The number of hydrogen-bond donors (Lipinski definition) is 25. The van der Waals surface area contributed by atoms with Gasteiger partial charge in [0.25, 0.3) is 0 Å². The number of carboxylic acid groups (broad SMARTS) is 3. The standard InChI is InChI=1S/C57H93N5O43/c1-17(71)59-31-21(74)4-55(52(88)89,102-45(31)35(80)24(77)8-64)95-15-29-37(82)39(84)34(61-19(3)73)49(98-29)100-44-28(12-68)97-51(99-43-27(11-67)96-50(41(86)40(43)85)94-14-20(7-63)58-16-70)42(87)48(44)105-57(54(92)93)6-22(75)32(60-18(2)72)47(104-57)38(83)26(10-66)101-56(53(90)91)5-23(76)33(62-30(79)13-69)46(103-56)36(81)25(78)9-65/h16,20-29,31-51,63-69,74-78,80-87H,4-15H2,1-3H3,(H,58,70)(H,59,71)(H,60,72)(H,61,73)(H,62,79)(H,88,89)(H,90,91)(H,92,93)/p-3/t20-,21+,22+,23+,24-,25-,26-,27-,28-,29-,31-,32-,33-,34-,35-,36-,37+,38-,39-,40-,41-,42-,43-,44+,45-,46-,47-,48-,49+,50-,51+,55-,56-,57+/m1/s1. The molecule has 6 aliphatic rings. The Kier molecular flexibility index (Phi) is 32.2. The topological polar surface area (TPSA) is 781 Å². The van der Waals surface area contributed by atoms with Gasteiger partial charge in [0.15, 0.2) is 18.9 Å². The van der Waals surface area contributed by atoms with Gasteiger partial charge in [0.05, 0.1) is 95.3 Å². The summed E-state index contributed by atoms with van der Waals surface area (Å²) in [6, 6.07) is -9.31. The predicted molar refractivity (Wildman–Crippen MR) is 314 cm³/mol. The summed E-state index contributed by atoms with van der Waals surface area (Å²) in [6.07, 6.45) is -66.7. The molecule has 48 heteroatoms. The van der Waals surface area contributed by atoms with Crippen molar-refractivity contribution in [3.63, 3.8) is 0 Å². The van der Waals surface area contributed by atoms with E-state index in [0.717, 1.165) is 20.8 Å². The molecule has 6 heterocycles. The van der Waals surface area contributed by atoms with Gasteiger partial charge >= 0.3 is 0 Å². The van der Waals surface area contributed by atoms with Gasteiger partial charge in [-0.1, -0.05) is 0 Å². The molecule has 0 saturated carbocycles. The summed E-state index contributed by atoms with van der Waals surface area (Å²) in [5.41, 5.74) is 0. The number of hydrogen-bond acceptors (Lipinski definition) is 43. The minimum absolute atomic E-state index is 0.176. The van der Waals surface area contributed by atoms with Crippen LogP contribution in [0.5, 0.6) is 0 Å². The Bertz CT molecular complexity index is 2880. The van der Waals surface area contributed by atoms with E-state index >= 15 is 0 Å². The molecular weight excluding hydrogens is 1440 g/mol. The Morgan fingerprint density at radius 2 is 0.943 bits per heavy atom. The number of nitrogens with one attached hydrogen (secondary N) is 5. The summed E-state index contributed by atoms with van der Waals surface area (Å²) in [6.45, 7) is -8.45. The van der Waals surface area contributed by atoms with Gasteiger partial charge in [0, 0.05) is 40.0 Å². The van der Waals surface area contributed by atoms with Crippen molar-refractivity contribution >= 4 is 47.9 Å². The number of aliphatic hydroxyl groups excluding tert-OH is 20. The van der Waals surface area contributed by atoms with Crippen molar-refractivity contribution in [2.45, 2.75) is 247 Å². The number of aliphatic hydroxyl groups is 20. The molecule has 105 heavy (non-hydrogen) atoms. The van der Waals surface area contributed by atoms with Crippen LogP contribution < -0.4 is 41.9 Å². The van der Waals surface area contributed by atoms with Gasteiger partial charge in [-0.15, -0.1) is 0 Å². The maximum absolute atomic E-state index is 14.1. The quantitative estimate of drug-likeness (QED) is 0.0259. The molecule has 0 aromatic rings. The Labute approximate surface area is 592 Å². The highest BCUT2D eigenvalue weighted by atomic mass is 16.8. The first-order chi connectivity index (χ1) is 49.3. The van der Waals surface area contributed by atoms with E-state index in [1.807, 2.05) is 5.32 Å². The molecular formula is C57H90N5O43-3. The Balaban J connectivity index is 1.47. The predicted octanol–water partition coefficient (Wildman–Crippen LogP) is -21.8. The molecule has 25 N–H and O–H groups in total. The second kappa shape index (κ2) is 38.2. The van der Waals surface area contributed by atoms with Crippen molar-refractivity contribution in [1.82, 2.24) is 26.6 Å². The number of rotatable bonds is 36. The Morgan fingerprint density at radius 1 is 0.495 bits per heavy atom. The van der Waals surface area contributed by atoms with Crippen molar-refractivity contribution in [3.05, 3.63) is 0 Å². The number of aliphatic carboxylic acids is 3. The highest BCUT2D eigenvalue weighted by molar-refractivity contribution is 5.78. The first-order valence-corrected chi connectivity index (χ1v) is 32.3. The fourth-order valence-electron chi connectivity index (χ4n) is 12.7. The van der Waals surface area contributed by atoms with Gasteiger partial charge in [-0.05, 0) is 0 Å². The molecule has 0 radical (unpaired) electrons. The zero-order valence-corrected chi connectivity index (χ0v) is 55.8. The number of carbonyl (C=O) groups is 8. The van der Waals surface area contributed by atoms with E-state index in [4.69, 9.17) is 56.8 Å². The minimum Gasteiger partial charge on any atom is -0.544 e. The maximum Gasteiger partial charge on any atom is 0.246 e. The molecule has 604 valence electrons. The van der Waals surface area contributed by atoms with Gasteiger partial charge in [0.2, 0.25) is 47.4 Å². The zero-order valence-electron chi connectivity index (χ0n) is 55.8. The average Bonchev–Trinajstić information content (AvgIpc) is 0.753. The highest BCUT2D eigenvalue weighted by Gasteiger charge is 2.62. The van der Waals surface area contributed by atoms with E-state index in [-0.39, 0.29) is 6.41 Å². The van der Waals surface area contributed by atoms with E-state index < -0.39 is 327 Å². The fraction of sp³-hybridized carbons (Fsp3) is 0.860. The number of ether oxygens (including phenoxy) is 12. The molecule has 48 nitrogen and oxygen atoms in total. The van der Waals surface area contributed by atoms with Crippen molar-refractivity contribution < 1.29 is 213 Å². The van der Waals surface area contributed by atoms with Gasteiger partial charge in [0.1, 0.15) is 153 Å². The lowest BCUT2D eigenvalue weighted by Gasteiger charge is -2.54. The second-order valence-corrected chi connectivity index (χ2v) is 25.5. The summed E-state index contributed by atoms with van der Waals surface area (Å²) in [7, 11) is 0. The van der Waals surface area contributed by atoms with E-state index in [1.165, 1.54) is 0 Å². The molecule has 6 saturated heterocycles. The second-order valence-electron chi connectivity index (χ2n) is 25.5. The van der Waals surface area contributed by atoms with Crippen LogP contribution in [0, 0.1) is 0 Å². The first kappa shape index (κ1) is 88.4. The SMILES string of the molecule is CC(=O)N[C@H]1[C@H](O[C@@H]2[C@H](O[C@]3(C(=O)[O-])C[C@H](O)[C@@H](NC(C)=O)[C@H]([C@H](O)[C@@H](CO)O[C@]4(C(=O)[O-])C[C@H](O)[C@@H](NC(=O)CO)[C@H]([C@H](O)[C@H](O)CO)O4)O3)[C@@H](O)[C@H](O[C@H]3[C@H](O)[C@@H](O)[C@H](OC[C@@H](CO)NC=O)O[C@@H]3CO)O[C@@H]2CO)O[C@H](CO[C@]2(C(=O)[O-])C[C@H](O)[C@@H](NC(C)=O)[C@H]([C@H](O)[C@H](O)CO)O2)[C@H](O)[C@@H]1O. The van der Waals surface area contributed by atoms with E-state index in [0.29, 0.717) is 0 Å². The van der Waals surface area contributed by atoms with E-state index in [9.17, 15) is 156 Å². The van der Waals surface area contributed by atoms with Crippen LogP contribution in [0.4, 0.5) is 0 Å². The van der Waals surface area contributed by atoms with Gasteiger partial charge < -0.3 is 215 Å². The highest BCUT2D eigenvalue weighted by Crippen LogP contribution is 2.43. The molecule has 6 fully saturated rings. The summed E-state index contributed by atoms with van der Waals surface area (Å²) in [4.78, 5) is 102. The van der Waals surface area contributed by atoms with Crippen molar-refractivity contribution in [3.8, 4) is 0 Å². The molecule has 6 rings (SSSR count). The molecule has 5 amide bonds. The van der Waals surface area contributed by atoms with Gasteiger partial charge in [-0.3, -0.25) is 24.0 Å². The summed E-state index contributed by atoms with van der Waals surface area (Å²) >= 11 is 0. The lowest BCUT2D eigenvalue weighted by Crippen LogP contribution is -2.74.